The van der Waals surface area contributed by atoms with E-state index >= 15 is 0 Å². The van der Waals surface area contributed by atoms with E-state index in [2.05, 4.69) is 4.90 Å². The van der Waals surface area contributed by atoms with Crippen molar-refractivity contribution in [2.45, 2.75) is 25.9 Å². The Bertz CT molecular complexity index is 420. The predicted octanol–water partition coefficient (Wildman–Crippen LogP) is 1.96. The number of hydrogen-bond acceptors (Lipinski definition) is 4. The number of benzene rings is 1. The van der Waals surface area contributed by atoms with Crippen molar-refractivity contribution in [2.75, 3.05) is 31.7 Å². The standard InChI is InChI=1S/C15H23NO3/c1-11(18)15-13(4-3-5-14(15)19-2)16-8-6-12(10-16)7-9-17/h3-5,11-12,17-18H,6-10H2,1-2H3. The molecule has 2 N–H and O–H groups in total. The summed E-state index contributed by atoms with van der Waals surface area (Å²) in [4.78, 5) is 2.28. The Morgan fingerprint density at radius 3 is 2.89 bits per heavy atom. The van der Waals surface area contributed by atoms with Crippen LogP contribution in [0.1, 0.15) is 31.4 Å². The molecule has 1 aliphatic rings. The highest BCUT2D eigenvalue weighted by Gasteiger charge is 2.26. The molecular weight excluding hydrogens is 242 g/mol. The van der Waals surface area contributed by atoms with E-state index in [-0.39, 0.29) is 6.61 Å². The molecule has 0 amide bonds. The topological polar surface area (TPSA) is 52.9 Å². The molecule has 2 unspecified atom stereocenters. The summed E-state index contributed by atoms with van der Waals surface area (Å²) in [6.45, 7) is 3.92. The summed E-state index contributed by atoms with van der Waals surface area (Å²) in [7, 11) is 1.63. The third kappa shape index (κ3) is 3.01. The predicted molar refractivity (Wildman–Crippen MR) is 75.7 cm³/mol. The highest BCUT2D eigenvalue weighted by Crippen LogP contribution is 2.37. The fraction of sp³-hybridized carbons (Fsp3) is 0.600. The Morgan fingerprint density at radius 1 is 1.47 bits per heavy atom. The number of anilines is 1. The fourth-order valence-electron chi connectivity index (χ4n) is 2.88. The zero-order valence-electron chi connectivity index (χ0n) is 11.7. The van der Waals surface area contributed by atoms with E-state index in [1.165, 1.54) is 0 Å². The number of aliphatic hydroxyl groups excluding tert-OH is 2. The highest BCUT2D eigenvalue weighted by molar-refractivity contribution is 5.61. The molecule has 4 heteroatoms. The quantitative estimate of drug-likeness (QED) is 0.854. The number of rotatable bonds is 5. The molecule has 1 aromatic carbocycles. The van der Waals surface area contributed by atoms with E-state index in [9.17, 15) is 5.11 Å². The second kappa shape index (κ2) is 6.26. The molecule has 0 bridgehead atoms. The summed E-state index contributed by atoms with van der Waals surface area (Å²) < 4.78 is 5.35. The third-order valence-corrected chi connectivity index (χ3v) is 3.84. The van der Waals surface area contributed by atoms with Crippen LogP contribution in [-0.2, 0) is 0 Å². The smallest absolute Gasteiger partial charge is 0.126 e. The second-order valence-electron chi connectivity index (χ2n) is 5.18. The van der Waals surface area contributed by atoms with E-state index in [1.807, 2.05) is 18.2 Å². The molecule has 1 aliphatic heterocycles. The average molecular weight is 265 g/mol. The van der Waals surface area contributed by atoms with E-state index in [0.29, 0.717) is 5.92 Å². The van der Waals surface area contributed by atoms with E-state index in [0.717, 1.165) is 42.9 Å². The molecule has 4 nitrogen and oxygen atoms in total. The zero-order valence-corrected chi connectivity index (χ0v) is 11.7. The maximum absolute atomic E-state index is 10.00. The maximum atomic E-state index is 10.00. The molecule has 1 heterocycles. The molecule has 1 aromatic rings. The lowest BCUT2D eigenvalue weighted by Gasteiger charge is -2.25. The lowest BCUT2D eigenvalue weighted by atomic mass is 10.0. The first-order valence-corrected chi connectivity index (χ1v) is 6.88. The van der Waals surface area contributed by atoms with Crippen molar-refractivity contribution in [1.29, 1.82) is 0 Å². The van der Waals surface area contributed by atoms with Gasteiger partial charge in [-0.15, -0.1) is 0 Å². The van der Waals surface area contributed by atoms with Crippen LogP contribution in [0.3, 0.4) is 0 Å². The van der Waals surface area contributed by atoms with Crippen LogP contribution in [0.2, 0.25) is 0 Å². The molecule has 1 saturated heterocycles. The van der Waals surface area contributed by atoms with Gasteiger partial charge >= 0.3 is 0 Å². The Labute approximate surface area is 114 Å². The number of aliphatic hydroxyl groups is 2. The molecule has 0 radical (unpaired) electrons. The molecule has 2 atom stereocenters. The van der Waals surface area contributed by atoms with Crippen molar-refractivity contribution in [3.8, 4) is 5.75 Å². The molecule has 19 heavy (non-hydrogen) atoms. The van der Waals surface area contributed by atoms with Crippen molar-refractivity contribution in [1.82, 2.24) is 0 Å². The van der Waals surface area contributed by atoms with Gasteiger partial charge < -0.3 is 19.8 Å². The highest BCUT2D eigenvalue weighted by atomic mass is 16.5. The minimum absolute atomic E-state index is 0.250. The van der Waals surface area contributed by atoms with Crippen molar-refractivity contribution in [3.63, 3.8) is 0 Å². The lowest BCUT2D eigenvalue weighted by Crippen LogP contribution is -2.22. The maximum Gasteiger partial charge on any atom is 0.126 e. The van der Waals surface area contributed by atoms with Gasteiger partial charge in [0.15, 0.2) is 0 Å². The van der Waals surface area contributed by atoms with Crippen LogP contribution in [0.25, 0.3) is 0 Å². The molecule has 2 rings (SSSR count). The summed E-state index contributed by atoms with van der Waals surface area (Å²) >= 11 is 0. The number of nitrogens with zero attached hydrogens (tertiary/aromatic N) is 1. The number of methoxy groups -OCH3 is 1. The Balaban J connectivity index is 2.25. The van der Waals surface area contributed by atoms with Crippen LogP contribution in [-0.4, -0.2) is 37.0 Å². The minimum atomic E-state index is -0.553. The van der Waals surface area contributed by atoms with Crippen molar-refractivity contribution in [2.24, 2.45) is 5.92 Å². The first-order chi connectivity index (χ1) is 9.17. The van der Waals surface area contributed by atoms with E-state index in [4.69, 9.17) is 9.84 Å². The molecule has 0 aromatic heterocycles. The van der Waals surface area contributed by atoms with Gasteiger partial charge in [-0.3, -0.25) is 0 Å². The SMILES string of the molecule is COc1cccc(N2CCC(CCO)C2)c1C(C)O. The van der Waals surface area contributed by atoms with Gasteiger partial charge in [-0.05, 0) is 37.8 Å². The van der Waals surface area contributed by atoms with Crippen LogP contribution >= 0.6 is 0 Å². The zero-order chi connectivity index (χ0) is 13.8. The third-order valence-electron chi connectivity index (χ3n) is 3.84. The van der Waals surface area contributed by atoms with Gasteiger partial charge in [0.05, 0.1) is 13.2 Å². The van der Waals surface area contributed by atoms with Crippen LogP contribution in [0.5, 0.6) is 5.75 Å². The largest absolute Gasteiger partial charge is 0.496 e. The summed E-state index contributed by atoms with van der Waals surface area (Å²) in [6.07, 6.45) is 1.39. The molecule has 0 saturated carbocycles. The van der Waals surface area contributed by atoms with Gasteiger partial charge in [0.1, 0.15) is 5.75 Å². The number of ether oxygens (including phenoxy) is 1. The number of hydrogen-bond donors (Lipinski definition) is 2. The first-order valence-electron chi connectivity index (χ1n) is 6.88. The monoisotopic (exact) mass is 265 g/mol. The molecule has 0 spiro atoms. The Morgan fingerprint density at radius 2 is 2.26 bits per heavy atom. The molecular formula is C15H23NO3. The summed E-state index contributed by atoms with van der Waals surface area (Å²) in [6, 6.07) is 5.87. The van der Waals surface area contributed by atoms with Crippen LogP contribution in [0.4, 0.5) is 5.69 Å². The molecule has 0 aliphatic carbocycles. The van der Waals surface area contributed by atoms with Crippen LogP contribution in [0.15, 0.2) is 18.2 Å². The van der Waals surface area contributed by atoms with Gasteiger partial charge in [-0.25, -0.2) is 0 Å². The van der Waals surface area contributed by atoms with Gasteiger partial charge in [0.2, 0.25) is 0 Å². The van der Waals surface area contributed by atoms with Gasteiger partial charge in [-0.1, -0.05) is 6.07 Å². The Kier molecular flexibility index (Phi) is 4.66. The molecule has 1 fully saturated rings. The first kappa shape index (κ1) is 14.2. The van der Waals surface area contributed by atoms with Crippen LogP contribution in [0, 0.1) is 5.92 Å². The van der Waals surface area contributed by atoms with Gasteiger partial charge in [0, 0.05) is 30.9 Å². The summed E-state index contributed by atoms with van der Waals surface area (Å²) in [5, 5.41) is 19.0. The van der Waals surface area contributed by atoms with Gasteiger partial charge in [-0.2, -0.15) is 0 Å². The van der Waals surface area contributed by atoms with Crippen LogP contribution < -0.4 is 9.64 Å². The van der Waals surface area contributed by atoms with Crippen molar-refractivity contribution in [3.05, 3.63) is 23.8 Å². The lowest BCUT2D eigenvalue weighted by molar-refractivity contribution is 0.194. The summed E-state index contributed by atoms with van der Waals surface area (Å²) in [5.41, 5.74) is 1.91. The fourth-order valence-corrected chi connectivity index (χ4v) is 2.88. The average Bonchev–Trinajstić information content (AvgIpc) is 2.86. The minimum Gasteiger partial charge on any atom is -0.496 e. The van der Waals surface area contributed by atoms with Crippen molar-refractivity contribution < 1.29 is 14.9 Å². The summed E-state index contributed by atoms with van der Waals surface area (Å²) in [5.74, 6) is 1.27. The van der Waals surface area contributed by atoms with Gasteiger partial charge in [0.25, 0.3) is 0 Å². The van der Waals surface area contributed by atoms with Crippen molar-refractivity contribution >= 4 is 5.69 Å². The molecule has 106 valence electrons. The van der Waals surface area contributed by atoms with E-state index in [1.54, 1.807) is 14.0 Å². The Hall–Kier alpha value is -1.26. The van der Waals surface area contributed by atoms with E-state index < -0.39 is 6.10 Å². The normalized spacial score (nSPS) is 20.6. The second-order valence-corrected chi connectivity index (χ2v) is 5.18.